The lowest BCUT2D eigenvalue weighted by molar-refractivity contribution is 0.844. The minimum atomic E-state index is 0. The van der Waals surface area contributed by atoms with Crippen LogP contribution in [0.2, 0.25) is 0 Å². The van der Waals surface area contributed by atoms with Crippen LogP contribution < -0.4 is 0 Å². The highest BCUT2D eigenvalue weighted by atomic mass is 35.5. The molecule has 4 heterocycles. The van der Waals surface area contributed by atoms with Gasteiger partial charge in [-0.15, -0.1) is 12.4 Å². The Labute approximate surface area is 143 Å². The summed E-state index contributed by atoms with van der Waals surface area (Å²) >= 11 is 0. The van der Waals surface area contributed by atoms with Crippen molar-refractivity contribution in [2.24, 2.45) is 0 Å². The molecule has 0 atom stereocenters. The smallest absolute Gasteiger partial charge is 0.178 e. The van der Waals surface area contributed by atoms with Gasteiger partial charge in [0.25, 0.3) is 0 Å². The van der Waals surface area contributed by atoms with Crippen LogP contribution in [-0.4, -0.2) is 29.7 Å². The zero-order valence-electron chi connectivity index (χ0n) is 12.4. The van der Waals surface area contributed by atoms with Crippen molar-refractivity contribution in [3.8, 4) is 23.0 Å². The maximum absolute atomic E-state index is 8.70. The Kier molecular flexibility index (Phi) is 4.22. The third kappa shape index (κ3) is 2.71. The minimum Gasteiger partial charge on any atom is -0.343 e. The molecule has 1 N–H and O–H groups in total. The fourth-order valence-corrected chi connectivity index (χ4v) is 2.42. The van der Waals surface area contributed by atoms with Crippen molar-refractivity contribution in [2.75, 3.05) is 0 Å². The van der Waals surface area contributed by atoms with Gasteiger partial charge in [-0.05, 0) is 17.7 Å². The summed E-state index contributed by atoms with van der Waals surface area (Å²) in [6.45, 7) is 0. The van der Waals surface area contributed by atoms with Crippen LogP contribution >= 0.6 is 12.4 Å². The molecular formula is C16H12ClN7. The van der Waals surface area contributed by atoms with Gasteiger partial charge in [0, 0.05) is 29.7 Å². The summed E-state index contributed by atoms with van der Waals surface area (Å²) in [6.07, 6.45) is 9.08. The first kappa shape index (κ1) is 15.6. The molecule has 0 bridgehead atoms. The van der Waals surface area contributed by atoms with Crippen molar-refractivity contribution in [3.05, 3.63) is 54.9 Å². The van der Waals surface area contributed by atoms with Crippen LogP contribution in [0.1, 0.15) is 5.56 Å². The van der Waals surface area contributed by atoms with E-state index in [0.717, 1.165) is 22.2 Å². The predicted molar refractivity (Wildman–Crippen MR) is 90.8 cm³/mol. The lowest BCUT2D eigenvalue weighted by Crippen LogP contribution is -1.98. The van der Waals surface area contributed by atoms with Crippen LogP contribution in [0.4, 0.5) is 0 Å². The van der Waals surface area contributed by atoms with Gasteiger partial charge in [-0.25, -0.2) is 19.6 Å². The van der Waals surface area contributed by atoms with Crippen molar-refractivity contribution < 1.29 is 0 Å². The molecule has 24 heavy (non-hydrogen) atoms. The maximum Gasteiger partial charge on any atom is 0.178 e. The number of hydrogen-bond acceptors (Lipinski definition) is 5. The van der Waals surface area contributed by atoms with Crippen molar-refractivity contribution in [3.63, 3.8) is 0 Å². The van der Waals surface area contributed by atoms with Gasteiger partial charge in [0.15, 0.2) is 11.5 Å². The van der Waals surface area contributed by atoms with Crippen LogP contribution in [0.5, 0.6) is 0 Å². The van der Waals surface area contributed by atoms with Gasteiger partial charge in [-0.3, -0.25) is 0 Å². The van der Waals surface area contributed by atoms with Gasteiger partial charge in [-0.2, -0.15) is 10.4 Å². The number of halogens is 1. The van der Waals surface area contributed by atoms with Crippen molar-refractivity contribution in [2.45, 2.75) is 6.42 Å². The standard InChI is InChI=1S/C16H11N7.ClH/c17-5-3-11-1-2-14(19-7-11)23-9-12(8-22-23)13-4-6-18-16-15(13)20-10-21-16;/h1-2,4,6-10H,3H2,(H,18,20,21);1H. The predicted octanol–water partition coefficient (Wildman–Crippen LogP) is 2.69. The van der Waals surface area contributed by atoms with E-state index in [4.69, 9.17) is 5.26 Å². The fourth-order valence-electron chi connectivity index (χ4n) is 2.42. The average molecular weight is 338 g/mol. The lowest BCUT2D eigenvalue weighted by atomic mass is 10.1. The van der Waals surface area contributed by atoms with Crippen molar-refractivity contribution in [1.82, 2.24) is 29.7 Å². The van der Waals surface area contributed by atoms with Crippen molar-refractivity contribution in [1.29, 1.82) is 5.26 Å². The Bertz CT molecular complexity index is 1010. The molecule has 0 amide bonds. The molecule has 8 heteroatoms. The second-order valence-corrected chi connectivity index (χ2v) is 4.99. The summed E-state index contributed by atoms with van der Waals surface area (Å²) in [6, 6.07) is 7.76. The summed E-state index contributed by atoms with van der Waals surface area (Å²) in [4.78, 5) is 15.8. The molecule has 0 aliphatic heterocycles. The zero-order chi connectivity index (χ0) is 15.6. The van der Waals surface area contributed by atoms with Gasteiger partial charge < -0.3 is 4.98 Å². The van der Waals surface area contributed by atoms with E-state index < -0.39 is 0 Å². The summed E-state index contributed by atoms with van der Waals surface area (Å²) < 4.78 is 1.70. The Morgan fingerprint density at radius 1 is 1.12 bits per heavy atom. The third-order valence-electron chi connectivity index (χ3n) is 3.55. The molecule has 118 valence electrons. The molecular weight excluding hydrogens is 326 g/mol. The lowest BCUT2D eigenvalue weighted by Gasteiger charge is -2.01. The molecule has 0 unspecified atom stereocenters. The van der Waals surface area contributed by atoms with Gasteiger partial charge in [-0.1, -0.05) is 6.07 Å². The molecule has 0 spiro atoms. The van der Waals surface area contributed by atoms with E-state index in [9.17, 15) is 0 Å². The Hall–Kier alpha value is -3.24. The van der Waals surface area contributed by atoms with E-state index in [1.165, 1.54) is 0 Å². The highest BCUT2D eigenvalue weighted by molar-refractivity contribution is 5.88. The molecule has 0 aliphatic carbocycles. The van der Waals surface area contributed by atoms with Gasteiger partial charge in [0.2, 0.25) is 0 Å². The molecule has 4 rings (SSSR count). The number of aromatic nitrogens is 6. The summed E-state index contributed by atoms with van der Waals surface area (Å²) in [5.74, 6) is 0.702. The molecule has 0 saturated carbocycles. The summed E-state index contributed by atoms with van der Waals surface area (Å²) in [7, 11) is 0. The van der Waals surface area contributed by atoms with Gasteiger partial charge in [0.1, 0.15) is 0 Å². The number of imidazole rings is 1. The molecule has 0 fully saturated rings. The number of nitrogens with one attached hydrogen (secondary N) is 1. The zero-order valence-corrected chi connectivity index (χ0v) is 13.2. The monoisotopic (exact) mass is 337 g/mol. The number of rotatable bonds is 3. The van der Waals surface area contributed by atoms with Gasteiger partial charge >= 0.3 is 0 Å². The first-order valence-electron chi connectivity index (χ1n) is 7.00. The molecule has 0 radical (unpaired) electrons. The van der Waals surface area contributed by atoms with E-state index >= 15 is 0 Å². The topological polar surface area (TPSA) is 96.1 Å². The quantitative estimate of drug-likeness (QED) is 0.620. The number of pyridine rings is 2. The average Bonchev–Trinajstić information content (AvgIpc) is 3.25. The van der Waals surface area contributed by atoms with E-state index in [0.29, 0.717) is 17.9 Å². The summed E-state index contributed by atoms with van der Waals surface area (Å²) in [5, 5.41) is 13.1. The Morgan fingerprint density at radius 3 is 2.83 bits per heavy atom. The van der Waals surface area contributed by atoms with E-state index in [-0.39, 0.29) is 12.4 Å². The highest BCUT2D eigenvalue weighted by Gasteiger charge is 2.09. The molecule has 0 saturated heterocycles. The molecule has 4 aromatic heterocycles. The van der Waals surface area contributed by atoms with E-state index in [1.54, 1.807) is 29.6 Å². The number of nitriles is 1. The highest BCUT2D eigenvalue weighted by Crippen LogP contribution is 2.25. The molecule has 4 aromatic rings. The minimum absolute atomic E-state index is 0. The normalized spacial score (nSPS) is 10.3. The third-order valence-corrected chi connectivity index (χ3v) is 3.55. The molecule has 0 aromatic carbocycles. The molecule has 0 aliphatic rings. The van der Waals surface area contributed by atoms with E-state index in [1.807, 2.05) is 24.4 Å². The Morgan fingerprint density at radius 2 is 2.04 bits per heavy atom. The fraction of sp³-hybridized carbons (Fsp3) is 0.0625. The van der Waals surface area contributed by atoms with Crippen molar-refractivity contribution >= 4 is 23.6 Å². The number of nitrogens with zero attached hydrogens (tertiary/aromatic N) is 6. The van der Waals surface area contributed by atoms with Crippen LogP contribution in [0.3, 0.4) is 0 Å². The Balaban J connectivity index is 0.00000169. The summed E-state index contributed by atoms with van der Waals surface area (Å²) in [5.41, 5.74) is 4.37. The van der Waals surface area contributed by atoms with Crippen LogP contribution in [-0.2, 0) is 6.42 Å². The number of fused-ring (bicyclic) bond motifs is 1. The van der Waals surface area contributed by atoms with Crippen LogP contribution in [0.25, 0.3) is 28.1 Å². The largest absolute Gasteiger partial charge is 0.343 e. The second-order valence-electron chi connectivity index (χ2n) is 4.99. The van der Waals surface area contributed by atoms with Crippen LogP contribution in [0, 0.1) is 11.3 Å². The first-order chi connectivity index (χ1) is 11.3. The van der Waals surface area contributed by atoms with E-state index in [2.05, 4.69) is 31.1 Å². The molecule has 7 nitrogen and oxygen atoms in total. The van der Waals surface area contributed by atoms with Crippen LogP contribution in [0.15, 0.2) is 49.3 Å². The number of hydrogen-bond donors (Lipinski definition) is 1. The second kappa shape index (κ2) is 6.48. The number of H-pyrrole nitrogens is 1. The first-order valence-corrected chi connectivity index (χ1v) is 7.00. The van der Waals surface area contributed by atoms with Gasteiger partial charge in [0.05, 0.1) is 30.5 Å². The SMILES string of the molecule is Cl.N#CCc1ccc(-n2cc(-c3ccnc4nc[nH]c34)cn2)nc1. The maximum atomic E-state index is 8.70. The number of aromatic amines is 1.